The summed E-state index contributed by atoms with van der Waals surface area (Å²) in [5.74, 6) is -0.363. The van der Waals surface area contributed by atoms with E-state index in [-0.39, 0.29) is 5.91 Å². The lowest BCUT2D eigenvalue weighted by atomic mass is 10.00. The summed E-state index contributed by atoms with van der Waals surface area (Å²) in [6.07, 6.45) is 0.522. The van der Waals surface area contributed by atoms with E-state index >= 15 is 0 Å². The van der Waals surface area contributed by atoms with Crippen molar-refractivity contribution >= 4 is 11.9 Å². The van der Waals surface area contributed by atoms with Gasteiger partial charge in [-0.3, -0.25) is 4.79 Å². The number of hydrogen-bond acceptors (Lipinski definition) is 3. The first-order valence-corrected chi connectivity index (χ1v) is 3.80. The normalized spacial score (nSPS) is 29.4. The number of rotatable bonds is 2. The van der Waals surface area contributed by atoms with Gasteiger partial charge in [-0.2, -0.15) is 0 Å². The minimum absolute atomic E-state index is 0.363. The maximum atomic E-state index is 11.4. The number of aliphatic hydroxyl groups excluding tert-OH is 1. The molecule has 5 nitrogen and oxygen atoms in total. The Kier molecular flexibility index (Phi) is 2.06. The molecule has 0 saturated carbocycles. The van der Waals surface area contributed by atoms with Crippen molar-refractivity contribution in [3.8, 4) is 0 Å². The van der Waals surface area contributed by atoms with Crippen LogP contribution < -0.4 is 5.32 Å². The number of carbonyl (C=O) groups excluding carboxylic acids is 2. The molecule has 0 bridgehead atoms. The van der Waals surface area contributed by atoms with Crippen LogP contribution in [-0.4, -0.2) is 34.2 Å². The number of carbonyl (C=O) groups is 2. The smallest absolute Gasteiger partial charge is 0.326 e. The third-order valence-corrected chi connectivity index (χ3v) is 2.19. The molecule has 1 unspecified atom stereocenters. The fourth-order valence-electron chi connectivity index (χ4n) is 1.12. The van der Waals surface area contributed by atoms with E-state index in [0.29, 0.717) is 6.42 Å². The molecule has 0 aliphatic carbocycles. The summed E-state index contributed by atoms with van der Waals surface area (Å²) in [5, 5.41) is 11.2. The molecular formula is C7H12N2O3. The Hall–Kier alpha value is -1.10. The van der Waals surface area contributed by atoms with Crippen LogP contribution in [0.3, 0.4) is 0 Å². The van der Waals surface area contributed by atoms with Gasteiger partial charge >= 0.3 is 6.03 Å². The van der Waals surface area contributed by atoms with E-state index in [2.05, 4.69) is 5.32 Å². The second kappa shape index (κ2) is 2.75. The van der Waals surface area contributed by atoms with Crippen molar-refractivity contribution in [2.75, 3.05) is 6.73 Å². The SMILES string of the molecule is CCC1(C)NC(=O)N(CO)C1=O. The Labute approximate surface area is 70.4 Å². The summed E-state index contributed by atoms with van der Waals surface area (Å²) in [7, 11) is 0. The molecule has 5 heteroatoms. The Morgan fingerprint density at radius 1 is 1.58 bits per heavy atom. The summed E-state index contributed by atoms with van der Waals surface area (Å²) >= 11 is 0. The molecule has 1 saturated heterocycles. The van der Waals surface area contributed by atoms with Crippen LogP contribution in [0.5, 0.6) is 0 Å². The average Bonchev–Trinajstić information content (AvgIpc) is 2.25. The van der Waals surface area contributed by atoms with Crippen LogP contribution in [0.25, 0.3) is 0 Å². The van der Waals surface area contributed by atoms with Crippen molar-refractivity contribution in [2.24, 2.45) is 0 Å². The average molecular weight is 172 g/mol. The van der Waals surface area contributed by atoms with Crippen molar-refractivity contribution in [2.45, 2.75) is 25.8 Å². The lowest BCUT2D eigenvalue weighted by Crippen LogP contribution is -2.43. The van der Waals surface area contributed by atoms with Crippen molar-refractivity contribution < 1.29 is 14.7 Å². The highest BCUT2D eigenvalue weighted by molar-refractivity contribution is 6.06. The van der Waals surface area contributed by atoms with Crippen molar-refractivity contribution in [1.82, 2.24) is 10.2 Å². The first-order chi connectivity index (χ1) is 5.55. The van der Waals surface area contributed by atoms with E-state index in [0.717, 1.165) is 4.90 Å². The number of hydrogen-bond donors (Lipinski definition) is 2. The minimum atomic E-state index is -0.834. The lowest BCUT2D eigenvalue weighted by Gasteiger charge is -2.18. The molecule has 0 aromatic heterocycles. The first-order valence-electron chi connectivity index (χ1n) is 3.80. The van der Waals surface area contributed by atoms with Gasteiger partial charge in [-0.1, -0.05) is 6.92 Å². The van der Waals surface area contributed by atoms with Crippen molar-refractivity contribution in [1.29, 1.82) is 0 Å². The predicted octanol–water partition coefficient (Wildman–Crippen LogP) is -0.343. The number of urea groups is 1. The fourth-order valence-corrected chi connectivity index (χ4v) is 1.12. The van der Waals surface area contributed by atoms with Crippen LogP contribution in [-0.2, 0) is 4.79 Å². The topological polar surface area (TPSA) is 69.6 Å². The molecule has 2 N–H and O–H groups in total. The largest absolute Gasteiger partial charge is 0.376 e. The summed E-state index contributed by atoms with van der Waals surface area (Å²) in [4.78, 5) is 23.2. The van der Waals surface area contributed by atoms with Gasteiger partial charge in [-0.05, 0) is 13.3 Å². The van der Waals surface area contributed by atoms with E-state index in [1.165, 1.54) is 0 Å². The van der Waals surface area contributed by atoms with Crippen LogP contribution in [0.4, 0.5) is 4.79 Å². The van der Waals surface area contributed by atoms with E-state index in [1.807, 2.05) is 0 Å². The third kappa shape index (κ3) is 1.06. The van der Waals surface area contributed by atoms with Gasteiger partial charge in [0.1, 0.15) is 12.3 Å². The van der Waals surface area contributed by atoms with Gasteiger partial charge in [-0.15, -0.1) is 0 Å². The zero-order valence-corrected chi connectivity index (χ0v) is 7.13. The van der Waals surface area contributed by atoms with Crippen LogP contribution in [0.1, 0.15) is 20.3 Å². The maximum absolute atomic E-state index is 11.4. The number of nitrogens with one attached hydrogen (secondary N) is 1. The fraction of sp³-hybridized carbons (Fsp3) is 0.714. The molecule has 1 atom stereocenters. The highest BCUT2D eigenvalue weighted by Gasteiger charge is 2.45. The minimum Gasteiger partial charge on any atom is -0.376 e. The zero-order valence-electron chi connectivity index (χ0n) is 7.13. The molecule has 0 spiro atoms. The molecule has 1 aliphatic rings. The van der Waals surface area contributed by atoms with Gasteiger partial charge in [-0.25, -0.2) is 9.69 Å². The van der Waals surface area contributed by atoms with E-state index in [9.17, 15) is 9.59 Å². The highest BCUT2D eigenvalue weighted by Crippen LogP contribution is 2.19. The van der Waals surface area contributed by atoms with Crippen LogP contribution in [0, 0.1) is 0 Å². The summed E-state index contributed by atoms with van der Waals surface area (Å²) in [6, 6.07) is -0.521. The van der Waals surface area contributed by atoms with Crippen molar-refractivity contribution in [3.63, 3.8) is 0 Å². The van der Waals surface area contributed by atoms with Crippen LogP contribution in [0.15, 0.2) is 0 Å². The number of amides is 3. The number of nitrogens with zero attached hydrogens (tertiary/aromatic N) is 1. The Morgan fingerprint density at radius 3 is 2.42 bits per heavy atom. The lowest BCUT2D eigenvalue weighted by molar-refractivity contribution is -0.133. The Morgan fingerprint density at radius 2 is 2.17 bits per heavy atom. The maximum Gasteiger partial charge on any atom is 0.326 e. The van der Waals surface area contributed by atoms with E-state index in [4.69, 9.17) is 5.11 Å². The molecule has 1 fully saturated rings. The summed E-state index contributed by atoms with van der Waals surface area (Å²) in [6.45, 7) is 2.89. The number of aliphatic hydroxyl groups is 1. The summed E-state index contributed by atoms with van der Waals surface area (Å²) < 4.78 is 0. The quantitative estimate of drug-likeness (QED) is 0.560. The second-order valence-electron chi connectivity index (χ2n) is 2.99. The monoisotopic (exact) mass is 172 g/mol. The third-order valence-electron chi connectivity index (χ3n) is 2.19. The van der Waals surface area contributed by atoms with Gasteiger partial charge in [0.2, 0.25) is 0 Å². The van der Waals surface area contributed by atoms with E-state index < -0.39 is 18.3 Å². The Bertz CT molecular complexity index is 229. The second-order valence-corrected chi connectivity index (χ2v) is 2.99. The van der Waals surface area contributed by atoms with Gasteiger partial charge < -0.3 is 10.4 Å². The molecule has 1 aliphatic heterocycles. The zero-order chi connectivity index (χ0) is 9.35. The van der Waals surface area contributed by atoms with Gasteiger partial charge in [0.15, 0.2) is 0 Å². The van der Waals surface area contributed by atoms with E-state index in [1.54, 1.807) is 13.8 Å². The first kappa shape index (κ1) is 8.99. The molecule has 0 radical (unpaired) electrons. The molecule has 12 heavy (non-hydrogen) atoms. The van der Waals surface area contributed by atoms with Gasteiger partial charge in [0.25, 0.3) is 5.91 Å². The van der Waals surface area contributed by atoms with Gasteiger partial charge in [0.05, 0.1) is 0 Å². The molecule has 0 aromatic rings. The molecule has 1 heterocycles. The molecular weight excluding hydrogens is 160 g/mol. The molecule has 0 aromatic carbocycles. The van der Waals surface area contributed by atoms with Crippen molar-refractivity contribution in [3.05, 3.63) is 0 Å². The highest BCUT2D eigenvalue weighted by atomic mass is 16.3. The molecule has 1 rings (SSSR count). The number of imide groups is 1. The van der Waals surface area contributed by atoms with Crippen LogP contribution >= 0.6 is 0 Å². The summed E-state index contributed by atoms with van der Waals surface area (Å²) in [5.41, 5.74) is -0.834. The standard InChI is InChI=1S/C7H12N2O3/c1-3-7(2)5(11)9(4-10)6(12)8-7/h10H,3-4H2,1-2H3,(H,8,12). The van der Waals surface area contributed by atoms with Crippen LogP contribution in [0.2, 0.25) is 0 Å². The van der Waals surface area contributed by atoms with Gasteiger partial charge in [0, 0.05) is 0 Å². The molecule has 3 amide bonds. The Balaban J connectivity index is 2.89. The predicted molar refractivity (Wildman–Crippen MR) is 41.2 cm³/mol. The molecule has 68 valence electrons.